The Hall–Kier alpha value is -2.56. The van der Waals surface area contributed by atoms with Crippen molar-refractivity contribution < 1.29 is 9.90 Å². The molecule has 0 atom stereocenters. The molecule has 0 spiro atoms. The second kappa shape index (κ2) is 7.59. The molecule has 0 aromatic heterocycles. The van der Waals surface area contributed by atoms with Crippen LogP contribution in [0.4, 0.5) is 0 Å². The third kappa shape index (κ3) is 3.92. The molecule has 0 saturated carbocycles. The molecule has 3 aromatic rings. The summed E-state index contributed by atoms with van der Waals surface area (Å²) in [5.74, 6) is -0.0633. The van der Waals surface area contributed by atoms with E-state index >= 15 is 0 Å². The smallest absolute Gasteiger partial charge is 0.257 e. The van der Waals surface area contributed by atoms with Crippen LogP contribution in [0.2, 0.25) is 5.02 Å². The molecule has 138 valence electrons. The molecule has 1 saturated heterocycles. The Kier molecular flexibility index (Phi) is 5.01. The fraction of sp³-hybridized carbons (Fsp3) is 0.227. The van der Waals surface area contributed by atoms with Crippen LogP contribution in [0.1, 0.15) is 15.9 Å². The zero-order valence-electron chi connectivity index (χ0n) is 14.9. The first kappa shape index (κ1) is 17.8. The molecule has 0 bridgehead atoms. The Bertz CT molecular complexity index is 964. The van der Waals surface area contributed by atoms with E-state index in [1.54, 1.807) is 12.1 Å². The number of aromatic hydroxyl groups is 1. The first-order chi connectivity index (χ1) is 13.1. The van der Waals surface area contributed by atoms with Crippen molar-refractivity contribution in [3.05, 3.63) is 76.8 Å². The molecule has 1 N–H and O–H groups in total. The molecule has 0 aliphatic carbocycles. The predicted octanol–water partition coefficient (Wildman–Crippen LogP) is 4.16. The van der Waals surface area contributed by atoms with Crippen molar-refractivity contribution in [2.24, 2.45) is 0 Å². The van der Waals surface area contributed by atoms with Gasteiger partial charge in [0.05, 0.1) is 5.56 Å². The highest BCUT2D eigenvalue weighted by molar-refractivity contribution is 6.30. The second-order valence-electron chi connectivity index (χ2n) is 6.91. The normalized spacial score (nSPS) is 15.2. The number of amides is 1. The summed E-state index contributed by atoms with van der Waals surface area (Å²) < 4.78 is 0. The van der Waals surface area contributed by atoms with Gasteiger partial charge in [0.15, 0.2) is 0 Å². The van der Waals surface area contributed by atoms with Crippen molar-refractivity contribution in [2.45, 2.75) is 6.54 Å². The lowest BCUT2D eigenvalue weighted by atomic mass is 10.0. The second-order valence-corrected chi connectivity index (χ2v) is 7.35. The highest BCUT2D eigenvalue weighted by Gasteiger charge is 2.24. The fourth-order valence-electron chi connectivity index (χ4n) is 3.53. The van der Waals surface area contributed by atoms with Gasteiger partial charge in [0, 0.05) is 37.7 Å². The summed E-state index contributed by atoms with van der Waals surface area (Å²) >= 11 is 5.94. The molecule has 0 radical (unpaired) electrons. The number of rotatable bonds is 3. The number of hydrogen-bond acceptors (Lipinski definition) is 3. The summed E-state index contributed by atoms with van der Waals surface area (Å²) in [6.07, 6.45) is 0. The van der Waals surface area contributed by atoms with Gasteiger partial charge in [-0.25, -0.2) is 0 Å². The Morgan fingerprint density at radius 1 is 0.926 bits per heavy atom. The highest BCUT2D eigenvalue weighted by atomic mass is 35.5. The molecular weight excluding hydrogens is 360 g/mol. The predicted molar refractivity (Wildman–Crippen MR) is 108 cm³/mol. The summed E-state index contributed by atoms with van der Waals surface area (Å²) in [4.78, 5) is 17.0. The number of phenolic OH excluding ortho intramolecular Hbond substituents is 1. The fourth-order valence-corrected chi connectivity index (χ4v) is 3.65. The Balaban J connectivity index is 1.42. The number of halogens is 1. The summed E-state index contributed by atoms with van der Waals surface area (Å²) in [6, 6.07) is 19.1. The maximum Gasteiger partial charge on any atom is 0.257 e. The van der Waals surface area contributed by atoms with E-state index in [9.17, 15) is 9.90 Å². The van der Waals surface area contributed by atoms with Crippen LogP contribution in [0.15, 0.2) is 60.7 Å². The van der Waals surface area contributed by atoms with Crippen molar-refractivity contribution in [3.8, 4) is 5.75 Å². The van der Waals surface area contributed by atoms with E-state index in [0.717, 1.165) is 35.4 Å². The van der Waals surface area contributed by atoms with Gasteiger partial charge in [-0.15, -0.1) is 0 Å². The summed E-state index contributed by atoms with van der Waals surface area (Å²) in [7, 11) is 0. The monoisotopic (exact) mass is 380 g/mol. The van der Waals surface area contributed by atoms with E-state index in [-0.39, 0.29) is 11.7 Å². The van der Waals surface area contributed by atoms with Crippen LogP contribution in [0, 0.1) is 0 Å². The molecular formula is C22H21ClN2O2. The van der Waals surface area contributed by atoms with Crippen molar-refractivity contribution in [3.63, 3.8) is 0 Å². The maximum absolute atomic E-state index is 12.9. The van der Waals surface area contributed by atoms with E-state index < -0.39 is 0 Å². The number of phenols is 1. The minimum absolute atomic E-state index is 0.0438. The van der Waals surface area contributed by atoms with Gasteiger partial charge in [0.1, 0.15) is 5.75 Å². The van der Waals surface area contributed by atoms with Crippen LogP contribution in [0.25, 0.3) is 10.8 Å². The molecule has 1 amide bonds. The molecule has 4 nitrogen and oxygen atoms in total. The topological polar surface area (TPSA) is 43.8 Å². The van der Waals surface area contributed by atoms with Gasteiger partial charge < -0.3 is 10.0 Å². The van der Waals surface area contributed by atoms with Gasteiger partial charge in [-0.3, -0.25) is 9.69 Å². The van der Waals surface area contributed by atoms with E-state index in [4.69, 9.17) is 11.6 Å². The zero-order chi connectivity index (χ0) is 18.8. The van der Waals surface area contributed by atoms with Gasteiger partial charge >= 0.3 is 0 Å². The van der Waals surface area contributed by atoms with Crippen LogP contribution in [0.3, 0.4) is 0 Å². The highest BCUT2D eigenvalue weighted by Crippen LogP contribution is 2.26. The minimum Gasteiger partial charge on any atom is -0.507 e. The lowest BCUT2D eigenvalue weighted by Gasteiger charge is -2.35. The first-order valence-corrected chi connectivity index (χ1v) is 9.46. The largest absolute Gasteiger partial charge is 0.507 e. The number of hydrogen-bond donors (Lipinski definition) is 1. The minimum atomic E-state index is -0.107. The molecule has 1 aliphatic heterocycles. The van der Waals surface area contributed by atoms with Gasteiger partial charge in [-0.05, 0) is 40.6 Å². The summed E-state index contributed by atoms with van der Waals surface area (Å²) in [6.45, 7) is 3.77. The van der Waals surface area contributed by atoms with Crippen molar-refractivity contribution in [1.29, 1.82) is 0 Å². The van der Waals surface area contributed by atoms with Gasteiger partial charge in [-0.2, -0.15) is 0 Å². The number of piperazine rings is 1. The van der Waals surface area contributed by atoms with Crippen molar-refractivity contribution in [1.82, 2.24) is 9.80 Å². The van der Waals surface area contributed by atoms with Crippen LogP contribution >= 0.6 is 11.6 Å². The van der Waals surface area contributed by atoms with Gasteiger partial charge in [0.25, 0.3) is 5.91 Å². The Morgan fingerprint density at radius 2 is 1.56 bits per heavy atom. The molecule has 0 unspecified atom stereocenters. The first-order valence-electron chi connectivity index (χ1n) is 9.08. The molecule has 1 aliphatic rings. The van der Waals surface area contributed by atoms with Crippen LogP contribution in [-0.2, 0) is 6.54 Å². The van der Waals surface area contributed by atoms with Crippen molar-refractivity contribution >= 4 is 28.3 Å². The Labute approximate surface area is 163 Å². The average molecular weight is 381 g/mol. The van der Waals surface area contributed by atoms with Gasteiger partial charge in [-0.1, -0.05) is 48.0 Å². The Morgan fingerprint density at radius 3 is 2.22 bits per heavy atom. The van der Waals surface area contributed by atoms with Gasteiger partial charge in [0.2, 0.25) is 0 Å². The molecule has 3 aromatic carbocycles. The number of fused-ring (bicyclic) bond motifs is 1. The standard InChI is InChI=1S/C22H21ClN2O2/c23-19-7-5-16(6-8-19)15-24-9-11-25(12-10-24)22(27)20-13-17-3-1-2-4-18(17)14-21(20)26/h1-8,13-14,26H,9-12,15H2. The number of carbonyl (C=O) groups excluding carboxylic acids is 1. The van der Waals surface area contributed by atoms with Crippen LogP contribution in [-0.4, -0.2) is 47.0 Å². The lowest BCUT2D eigenvalue weighted by molar-refractivity contribution is 0.0626. The third-order valence-corrected chi connectivity index (χ3v) is 5.33. The van der Waals surface area contributed by atoms with E-state index in [0.29, 0.717) is 18.7 Å². The van der Waals surface area contributed by atoms with Crippen molar-refractivity contribution in [2.75, 3.05) is 26.2 Å². The third-order valence-electron chi connectivity index (χ3n) is 5.07. The summed E-state index contributed by atoms with van der Waals surface area (Å²) in [5.41, 5.74) is 1.59. The molecule has 27 heavy (non-hydrogen) atoms. The average Bonchev–Trinajstić information content (AvgIpc) is 2.69. The SMILES string of the molecule is O=C(c1cc2ccccc2cc1O)N1CCN(Cc2ccc(Cl)cc2)CC1. The van der Waals surface area contributed by atoms with Crippen LogP contribution < -0.4 is 0 Å². The van der Waals surface area contributed by atoms with Crippen LogP contribution in [0.5, 0.6) is 5.75 Å². The zero-order valence-corrected chi connectivity index (χ0v) is 15.7. The summed E-state index contributed by atoms with van der Waals surface area (Å²) in [5, 5.41) is 12.9. The quantitative estimate of drug-likeness (QED) is 0.742. The van der Waals surface area contributed by atoms with E-state index in [1.807, 2.05) is 53.4 Å². The number of nitrogens with zero attached hydrogens (tertiary/aromatic N) is 2. The molecule has 5 heteroatoms. The number of benzene rings is 3. The lowest BCUT2D eigenvalue weighted by Crippen LogP contribution is -2.48. The molecule has 1 heterocycles. The van der Waals surface area contributed by atoms with E-state index in [1.165, 1.54) is 5.56 Å². The maximum atomic E-state index is 12.9. The molecule has 1 fully saturated rings. The number of carbonyl (C=O) groups is 1. The molecule has 4 rings (SSSR count). The van der Waals surface area contributed by atoms with E-state index in [2.05, 4.69) is 4.90 Å².